The minimum absolute atomic E-state index is 0.146. The second-order valence-electron chi connectivity index (χ2n) is 4.77. The third-order valence-electron chi connectivity index (χ3n) is 2.75. The van der Waals surface area contributed by atoms with Crippen LogP contribution in [0, 0.1) is 6.92 Å². The molecule has 0 aliphatic rings. The van der Waals surface area contributed by atoms with Gasteiger partial charge in [0, 0.05) is 6.26 Å². The van der Waals surface area contributed by atoms with Crippen LogP contribution in [-0.2, 0) is 14.6 Å². The largest absolute Gasteiger partial charge is 0.480 e. The Balaban J connectivity index is 2.84. The van der Waals surface area contributed by atoms with Crippen LogP contribution in [0.5, 0.6) is 0 Å². The monoisotopic (exact) mass is 333 g/mol. The zero-order valence-corrected chi connectivity index (χ0v) is 13.2. The lowest BCUT2D eigenvalue weighted by Gasteiger charge is -2.14. The molecule has 1 aromatic carbocycles. The lowest BCUT2D eigenvalue weighted by atomic mass is 10.1. The number of carboxylic acid groups (broad SMARTS) is 1. The van der Waals surface area contributed by atoms with Gasteiger partial charge in [0.05, 0.1) is 16.3 Å². The van der Waals surface area contributed by atoms with Crippen LogP contribution < -0.4 is 5.32 Å². The minimum Gasteiger partial charge on any atom is -0.480 e. The Morgan fingerprint density at radius 3 is 2.48 bits per heavy atom. The quantitative estimate of drug-likeness (QED) is 0.816. The number of benzene rings is 1. The van der Waals surface area contributed by atoms with Crippen LogP contribution in [0.15, 0.2) is 18.2 Å². The normalized spacial score (nSPS) is 12.7. The molecule has 0 spiro atoms. The number of carboxylic acids is 1. The highest BCUT2D eigenvalue weighted by Crippen LogP contribution is 2.17. The second-order valence-corrected chi connectivity index (χ2v) is 7.43. The van der Waals surface area contributed by atoms with E-state index < -0.39 is 27.8 Å². The average Bonchev–Trinajstić information content (AvgIpc) is 2.32. The fraction of sp³-hybridized carbons (Fsp3) is 0.385. The van der Waals surface area contributed by atoms with Crippen molar-refractivity contribution in [2.75, 3.05) is 12.0 Å². The molecule has 0 saturated carbocycles. The summed E-state index contributed by atoms with van der Waals surface area (Å²) in [5, 5.41) is 11.5. The minimum atomic E-state index is -3.31. The molecule has 0 aliphatic carbocycles. The molecule has 0 radical (unpaired) electrons. The van der Waals surface area contributed by atoms with E-state index >= 15 is 0 Å². The smallest absolute Gasteiger partial charge is 0.326 e. The molecule has 2 N–H and O–H groups in total. The number of halogens is 1. The number of amides is 1. The van der Waals surface area contributed by atoms with Gasteiger partial charge in [-0.1, -0.05) is 17.7 Å². The van der Waals surface area contributed by atoms with Gasteiger partial charge in [0.25, 0.3) is 5.91 Å². The van der Waals surface area contributed by atoms with Crippen LogP contribution in [0.25, 0.3) is 0 Å². The standard InChI is InChI=1S/C13H16ClNO5S/c1-8-3-4-9(10(14)7-8)12(16)15-11(13(17)18)5-6-21(2,19)20/h3-4,7,11H,5-6H2,1-2H3,(H,15,16)(H,17,18). The van der Waals surface area contributed by atoms with Gasteiger partial charge >= 0.3 is 5.97 Å². The molecule has 0 aliphatic heterocycles. The number of aryl methyl sites for hydroxylation is 1. The Morgan fingerprint density at radius 1 is 1.38 bits per heavy atom. The molecule has 21 heavy (non-hydrogen) atoms. The Hall–Kier alpha value is -1.60. The maximum absolute atomic E-state index is 12.0. The summed E-state index contributed by atoms with van der Waals surface area (Å²) in [6.45, 7) is 1.81. The highest BCUT2D eigenvalue weighted by molar-refractivity contribution is 7.90. The molecule has 0 fully saturated rings. The Kier molecular flexibility index (Phi) is 5.74. The van der Waals surface area contributed by atoms with Crippen LogP contribution in [-0.4, -0.2) is 43.5 Å². The van der Waals surface area contributed by atoms with E-state index in [-0.39, 0.29) is 22.8 Å². The first kappa shape index (κ1) is 17.5. The van der Waals surface area contributed by atoms with Crippen molar-refractivity contribution in [3.05, 3.63) is 34.3 Å². The fourth-order valence-corrected chi connectivity index (χ4v) is 2.61. The summed E-state index contributed by atoms with van der Waals surface area (Å²) in [7, 11) is -3.31. The summed E-state index contributed by atoms with van der Waals surface area (Å²) >= 11 is 5.93. The molecule has 1 unspecified atom stereocenters. The van der Waals surface area contributed by atoms with Crippen molar-refractivity contribution in [3.8, 4) is 0 Å². The van der Waals surface area contributed by atoms with Gasteiger partial charge in [-0.3, -0.25) is 4.79 Å². The van der Waals surface area contributed by atoms with E-state index in [0.717, 1.165) is 11.8 Å². The zero-order chi connectivity index (χ0) is 16.2. The fourth-order valence-electron chi connectivity index (χ4n) is 1.63. The molecule has 1 aromatic rings. The van der Waals surface area contributed by atoms with Crippen molar-refractivity contribution in [1.82, 2.24) is 5.32 Å². The van der Waals surface area contributed by atoms with Gasteiger partial charge < -0.3 is 10.4 Å². The van der Waals surface area contributed by atoms with E-state index in [0.29, 0.717) is 0 Å². The molecular formula is C13H16ClNO5S. The van der Waals surface area contributed by atoms with Gasteiger partial charge in [-0.25, -0.2) is 13.2 Å². The predicted molar refractivity (Wildman–Crippen MR) is 79.4 cm³/mol. The van der Waals surface area contributed by atoms with Crippen LogP contribution in [0.3, 0.4) is 0 Å². The third-order valence-corrected chi connectivity index (χ3v) is 4.04. The van der Waals surface area contributed by atoms with Crippen LogP contribution in [0.4, 0.5) is 0 Å². The summed E-state index contributed by atoms with van der Waals surface area (Å²) < 4.78 is 22.2. The molecule has 116 valence electrons. The van der Waals surface area contributed by atoms with Crippen molar-refractivity contribution < 1.29 is 23.1 Å². The number of hydrogen-bond donors (Lipinski definition) is 2. The van der Waals surface area contributed by atoms with Crippen LogP contribution in [0.1, 0.15) is 22.3 Å². The lowest BCUT2D eigenvalue weighted by molar-refractivity contribution is -0.139. The van der Waals surface area contributed by atoms with Crippen molar-refractivity contribution in [2.45, 2.75) is 19.4 Å². The van der Waals surface area contributed by atoms with Crippen molar-refractivity contribution >= 4 is 33.3 Å². The lowest BCUT2D eigenvalue weighted by Crippen LogP contribution is -2.42. The molecular weight excluding hydrogens is 318 g/mol. The Labute approximate surface area is 128 Å². The Bertz CT molecular complexity index is 657. The van der Waals surface area contributed by atoms with Crippen molar-refractivity contribution in [1.29, 1.82) is 0 Å². The van der Waals surface area contributed by atoms with E-state index in [1.54, 1.807) is 19.1 Å². The number of aliphatic carboxylic acids is 1. The number of sulfone groups is 1. The van der Waals surface area contributed by atoms with Gasteiger partial charge in [-0.15, -0.1) is 0 Å². The molecule has 6 nitrogen and oxygen atoms in total. The predicted octanol–water partition coefficient (Wildman–Crippen LogP) is 1.27. The Morgan fingerprint density at radius 2 is 2.00 bits per heavy atom. The summed E-state index contributed by atoms with van der Waals surface area (Å²) in [5.41, 5.74) is 1.01. The van der Waals surface area contributed by atoms with Gasteiger partial charge in [-0.2, -0.15) is 0 Å². The summed E-state index contributed by atoms with van der Waals surface area (Å²) in [4.78, 5) is 23.1. The summed E-state index contributed by atoms with van der Waals surface area (Å²) in [6, 6.07) is 3.46. The number of carbonyl (C=O) groups is 2. The zero-order valence-electron chi connectivity index (χ0n) is 11.6. The van der Waals surface area contributed by atoms with E-state index in [1.165, 1.54) is 6.07 Å². The topological polar surface area (TPSA) is 101 Å². The number of hydrogen-bond acceptors (Lipinski definition) is 4. The molecule has 1 rings (SSSR count). The molecule has 0 aromatic heterocycles. The molecule has 0 heterocycles. The number of nitrogens with one attached hydrogen (secondary N) is 1. The maximum Gasteiger partial charge on any atom is 0.326 e. The SMILES string of the molecule is Cc1ccc(C(=O)NC(CCS(C)(=O)=O)C(=O)O)c(Cl)c1. The third kappa shape index (κ3) is 5.73. The first-order valence-corrected chi connectivity index (χ1v) is 8.51. The van der Waals surface area contributed by atoms with Gasteiger partial charge in [0.2, 0.25) is 0 Å². The molecule has 1 atom stereocenters. The second kappa shape index (κ2) is 6.91. The first-order valence-electron chi connectivity index (χ1n) is 6.07. The van der Waals surface area contributed by atoms with Gasteiger partial charge in [-0.05, 0) is 31.0 Å². The van der Waals surface area contributed by atoms with Gasteiger partial charge in [0.1, 0.15) is 15.9 Å². The van der Waals surface area contributed by atoms with Crippen LogP contribution in [0.2, 0.25) is 5.02 Å². The highest BCUT2D eigenvalue weighted by atomic mass is 35.5. The maximum atomic E-state index is 12.0. The van der Waals surface area contributed by atoms with E-state index in [4.69, 9.17) is 16.7 Å². The molecule has 0 bridgehead atoms. The number of carbonyl (C=O) groups excluding carboxylic acids is 1. The van der Waals surface area contributed by atoms with Crippen LogP contribution >= 0.6 is 11.6 Å². The molecule has 8 heteroatoms. The van der Waals surface area contributed by atoms with E-state index in [2.05, 4.69) is 5.32 Å². The van der Waals surface area contributed by atoms with Gasteiger partial charge in [0.15, 0.2) is 0 Å². The molecule has 0 saturated heterocycles. The summed E-state index contributed by atoms with van der Waals surface area (Å²) in [6.07, 6.45) is 0.800. The summed E-state index contributed by atoms with van der Waals surface area (Å²) in [5.74, 6) is -2.28. The van der Waals surface area contributed by atoms with E-state index in [9.17, 15) is 18.0 Å². The number of rotatable bonds is 6. The van der Waals surface area contributed by atoms with E-state index in [1.807, 2.05) is 0 Å². The first-order chi connectivity index (χ1) is 9.60. The van der Waals surface area contributed by atoms with Crippen molar-refractivity contribution in [2.24, 2.45) is 0 Å². The molecule has 1 amide bonds. The highest BCUT2D eigenvalue weighted by Gasteiger charge is 2.23. The van der Waals surface area contributed by atoms with Crippen molar-refractivity contribution in [3.63, 3.8) is 0 Å². The average molecular weight is 334 g/mol.